The van der Waals surface area contributed by atoms with E-state index in [4.69, 9.17) is 16.3 Å². The molecule has 0 aromatic heterocycles. The molecule has 0 amide bonds. The van der Waals surface area contributed by atoms with E-state index in [1.54, 1.807) is 7.11 Å². The Morgan fingerprint density at radius 2 is 1.73 bits per heavy atom. The van der Waals surface area contributed by atoms with Crippen LogP contribution < -0.4 is 0 Å². The third-order valence-corrected chi connectivity index (χ3v) is 5.35. The highest BCUT2D eigenvalue weighted by Crippen LogP contribution is 2.62. The van der Waals surface area contributed by atoms with Gasteiger partial charge in [-0.2, -0.15) is 0 Å². The van der Waals surface area contributed by atoms with Gasteiger partial charge in [-0.15, -0.1) is 0 Å². The first kappa shape index (κ1) is 10.4. The third kappa shape index (κ3) is 1.82. The van der Waals surface area contributed by atoms with Crippen LogP contribution >= 0.6 is 11.6 Å². The van der Waals surface area contributed by atoms with E-state index in [0.717, 1.165) is 24.2 Å². The van der Waals surface area contributed by atoms with Gasteiger partial charge in [0, 0.05) is 7.11 Å². The summed E-state index contributed by atoms with van der Waals surface area (Å²) in [5, 5.41) is 0. The summed E-state index contributed by atoms with van der Waals surface area (Å²) in [6.45, 7) is 0. The summed E-state index contributed by atoms with van der Waals surface area (Å²) in [5.41, 5.74) is 0.518. The van der Waals surface area contributed by atoms with Gasteiger partial charge >= 0.3 is 0 Å². The quantitative estimate of drug-likeness (QED) is 0.668. The second-order valence-electron chi connectivity index (χ2n) is 6.27. The number of alkyl halides is 1. The summed E-state index contributed by atoms with van der Waals surface area (Å²) in [5.74, 6) is 3.14. The summed E-state index contributed by atoms with van der Waals surface area (Å²) in [6.07, 6.45) is 9.93. The van der Waals surface area contributed by atoms with Crippen LogP contribution in [0.25, 0.3) is 0 Å². The first-order valence-corrected chi connectivity index (χ1v) is 6.80. The molecule has 0 aliphatic heterocycles. The maximum atomic E-state index is 6.15. The van der Waals surface area contributed by atoms with Crippen molar-refractivity contribution >= 4 is 11.6 Å². The van der Waals surface area contributed by atoms with Gasteiger partial charge in [-0.05, 0) is 68.1 Å². The summed E-state index contributed by atoms with van der Waals surface area (Å²) in [6, 6.07) is 0. The second-order valence-corrected chi connectivity index (χ2v) is 6.75. The fourth-order valence-corrected chi connectivity index (χ4v) is 4.82. The lowest BCUT2D eigenvalue weighted by Gasteiger charge is -2.57. The molecule has 86 valence electrons. The molecule has 1 atom stereocenters. The lowest BCUT2D eigenvalue weighted by molar-refractivity contribution is -0.0749. The van der Waals surface area contributed by atoms with Gasteiger partial charge in [-0.1, -0.05) is 11.6 Å². The average molecular weight is 229 g/mol. The average Bonchev–Trinajstić information content (AvgIpc) is 2.02. The molecule has 1 unspecified atom stereocenters. The molecule has 6 fully saturated rings. The van der Waals surface area contributed by atoms with Gasteiger partial charge in [0.05, 0.1) is 0 Å². The zero-order valence-electron chi connectivity index (χ0n) is 9.55. The Morgan fingerprint density at radius 3 is 2.40 bits per heavy atom. The van der Waals surface area contributed by atoms with Crippen molar-refractivity contribution in [3.63, 3.8) is 0 Å². The maximum Gasteiger partial charge on any atom is 0.131 e. The van der Waals surface area contributed by atoms with Crippen LogP contribution in [0.1, 0.15) is 44.9 Å². The first-order valence-electron chi connectivity index (χ1n) is 6.36. The van der Waals surface area contributed by atoms with Crippen molar-refractivity contribution in [3.8, 4) is 0 Å². The number of ether oxygens (including phenoxy) is 1. The van der Waals surface area contributed by atoms with Crippen LogP contribution in [0.3, 0.4) is 0 Å². The minimum absolute atomic E-state index is 0.0544. The van der Waals surface area contributed by atoms with Crippen LogP contribution in [0.4, 0.5) is 0 Å². The fraction of sp³-hybridized carbons (Fsp3) is 1.00. The summed E-state index contributed by atoms with van der Waals surface area (Å²) in [7, 11) is 1.73. The molecule has 2 heteroatoms. The van der Waals surface area contributed by atoms with Crippen molar-refractivity contribution in [2.45, 2.75) is 50.5 Å². The standard InChI is InChI=1S/C13H21ClO/c1-15-12(14)8-13-5-10-2-9(3-10)4-11(6-13)7-13/h9-12H,2-8H2,1H3. The molecule has 6 saturated carbocycles. The molecular formula is C13H21ClO. The number of rotatable bonds is 3. The largest absolute Gasteiger partial charge is 0.366 e. The van der Waals surface area contributed by atoms with Crippen LogP contribution in [-0.2, 0) is 4.74 Å². The summed E-state index contributed by atoms with van der Waals surface area (Å²) in [4.78, 5) is 0. The van der Waals surface area contributed by atoms with Gasteiger partial charge in [-0.3, -0.25) is 0 Å². The van der Waals surface area contributed by atoms with Crippen LogP contribution in [0.5, 0.6) is 0 Å². The lowest BCUT2D eigenvalue weighted by atomic mass is 9.48. The summed E-state index contributed by atoms with van der Waals surface area (Å²) < 4.78 is 5.23. The zero-order chi connectivity index (χ0) is 10.5. The number of hydrogen-bond acceptors (Lipinski definition) is 1. The molecule has 6 aliphatic carbocycles. The normalized spacial score (nSPS) is 49.6. The molecule has 0 radical (unpaired) electrons. The molecule has 0 saturated heterocycles. The molecule has 15 heavy (non-hydrogen) atoms. The molecule has 4 bridgehead atoms. The van der Waals surface area contributed by atoms with E-state index in [2.05, 4.69) is 0 Å². The number of halogens is 1. The highest BCUT2D eigenvalue weighted by atomic mass is 35.5. The SMILES string of the molecule is COC(Cl)CC12CC3CC(C3)CC(C1)C2. The predicted molar refractivity (Wildman–Crippen MR) is 61.9 cm³/mol. The molecular weight excluding hydrogens is 208 g/mol. The fourth-order valence-electron chi connectivity index (χ4n) is 4.49. The topological polar surface area (TPSA) is 9.23 Å². The van der Waals surface area contributed by atoms with Crippen LogP contribution in [0.2, 0.25) is 0 Å². The first-order chi connectivity index (χ1) is 7.19. The van der Waals surface area contributed by atoms with Gasteiger partial charge in [0.2, 0.25) is 0 Å². The van der Waals surface area contributed by atoms with Crippen molar-refractivity contribution in [1.82, 2.24) is 0 Å². The Labute approximate surface area is 97.5 Å². The zero-order valence-corrected chi connectivity index (χ0v) is 10.3. The van der Waals surface area contributed by atoms with Crippen molar-refractivity contribution in [2.24, 2.45) is 23.2 Å². The van der Waals surface area contributed by atoms with Gasteiger partial charge < -0.3 is 4.74 Å². The molecule has 0 aromatic rings. The van der Waals surface area contributed by atoms with E-state index < -0.39 is 0 Å². The van der Waals surface area contributed by atoms with E-state index in [0.29, 0.717) is 5.41 Å². The smallest absolute Gasteiger partial charge is 0.131 e. The molecule has 6 rings (SSSR count). The van der Waals surface area contributed by atoms with Crippen LogP contribution in [-0.4, -0.2) is 12.7 Å². The Morgan fingerprint density at radius 1 is 1.13 bits per heavy atom. The van der Waals surface area contributed by atoms with Crippen molar-refractivity contribution in [2.75, 3.05) is 7.11 Å². The van der Waals surface area contributed by atoms with Crippen molar-refractivity contribution in [1.29, 1.82) is 0 Å². The third-order valence-electron chi connectivity index (χ3n) is 5.01. The van der Waals surface area contributed by atoms with E-state index in [9.17, 15) is 0 Å². The van der Waals surface area contributed by atoms with E-state index in [1.165, 1.54) is 38.5 Å². The second kappa shape index (κ2) is 3.63. The minimum atomic E-state index is -0.0544. The maximum absolute atomic E-state index is 6.15. The highest BCUT2D eigenvalue weighted by molar-refractivity contribution is 6.19. The Bertz CT molecular complexity index is 237. The van der Waals surface area contributed by atoms with Gasteiger partial charge in [0.15, 0.2) is 0 Å². The molecule has 0 spiro atoms. The number of hydrogen-bond donors (Lipinski definition) is 0. The van der Waals surface area contributed by atoms with Gasteiger partial charge in [0.1, 0.15) is 5.56 Å². The van der Waals surface area contributed by atoms with Gasteiger partial charge in [-0.25, -0.2) is 0 Å². The van der Waals surface area contributed by atoms with Crippen LogP contribution in [0.15, 0.2) is 0 Å². The highest BCUT2D eigenvalue weighted by Gasteiger charge is 2.51. The van der Waals surface area contributed by atoms with E-state index in [-0.39, 0.29) is 5.56 Å². The van der Waals surface area contributed by atoms with E-state index >= 15 is 0 Å². The Hall–Kier alpha value is 0.250. The number of methoxy groups -OCH3 is 1. The molecule has 0 aromatic carbocycles. The monoisotopic (exact) mass is 228 g/mol. The molecule has 6 aliphatic rings. The van der Waals surface area contributed by atoms with Crippen LogP contribution in [0, 0.1) is 23.2 Å². The Kier molecular flexibility index (Phi) is 2.52. The Balaban J connectivity index is 1.65. The minimum Gasteiger partial charge on any atom is -0.366 e. The van der Waals surface area contributed by atoms with Crippen molar-refractivity contribution < 1.29 is 4.74 Å². The van der Waals surface area contributed by atoms with E-state index in [1.807, 2.05) is 0 Å². The predicted octanol–water partition coefficient (Wildman–Crippen LogP) is 3.80. The lowest BCUT2D eigenvalue weighted by Crippen LogP contribution is -2.47. The molecule has 0 heterocycles. The van der Waals surface area contributed by atoms with Gasteiger partial charge in [0.25, 0.3) is 0 Å². The van der Waals surface area contributed by atoms with Crippen molar-refractivity contribution in [3.05, 3.63) is 0 Å². The molecule has 1 nitrogen and oxygen atoms in total. The summed E-state index contributed by atoms with van der Waals surface area (Å²) >= 11 is 6.15. The molecule has 0 N–H and O–H groups in total.